The van der Waals surface area contributed by atoms with Crippen LogP contribution in [0.25, 0.3) is 0 Å². The van der Waals surface area contributed by atoms with Gasteiger partial charge in [-0.15, -0.1) is 0 Å². The molecule has 0 atom stereocenters. The Balaban J connectivity index is 1.91. The fourth-order valence-corrected chi connectivity index (χ4v) is 2.40. The Morgan fingerprint density at radius 2 is 2.06 bits per heavy atom. The Kier molecular flexibility index (Phi) is 2.70. The molecule has 1 aromatic carbocycles. The van der Waals surface area contributed by atoms with Crippen molar-refractivity contribution in [2.24, 2.45) is 0 Å². The molecule has 1 N–H and O–H groups in total. The highest BCUT2D eigenvalue weighted by molar-refractivity contribution is 5.66. The topological polar surface area (TPSA) is 48.7 Å². The predicted molar refractivity (Wildman–Crippen MR) is 70.7 cm³/mol. The Morgan fingerprint density at radius 3 is 2.94 bits per heavy atom. The molecule has 1 aliphatic rings. The van der Waals surface area contributed by atoms with Gasteiger partial charge in [-0.2, -0.15) is 5.26 Å². The maximum absolute atomic E-state index is 9.03. The number of hydrogen-bond acceptors (Lipinski definition) is 3. The van der Waals surface area contributed by atoms with Crippen molar-refractivity contribution in [1.82, 2.24) is 4.98 Å². The predicted octanol–water partition coefficient (Wildman–Crippen LogP) is 3.19. The Morgan fingerprint density at radius 1 is 1.17 bits per heavy atom. The van der Waals surface area contributed by atoms with Gasteiger partial charge in [0.1, 0.15) is 6.07 Å². The largest absolute Gasteiger partial charge is 0.353 e. The number of fused-ring (bicyclic) bond motifs is 1. The molecule has 3 nitrogen and oxygen atoms in total. The number of aryl methyl sites for hydroxylation is 2. The zero-order valence-corrected chi connectivity index (χ0v) is 9.98. The van der Waals surface area contributed by atoms with Crippen molar-refractivity contribution in [3.05, 3.63) is 53.3 Å². The first-order chi connectivity index (χ1) is 8.86. The average Bonchev–Trinajstić information content (AvgIpc) is 2.87. The van der Waals surface area contributed by atoms with E-state index in [2.05, 4.69) is 34.6 Å². The van der Waals surface area contributed by atoms with Crippen molar-refractivity contribution in [3.8, 4) is 6.07 Å². The number of rotatable bonds is 2. The zero-order valence-electron chi connectivity index (χ0n) is 9.98. The minimum atomic E-state index is 0.616. The van der Waals surface area contributed by atoms with Crippen LogP contribution < -0.4 is 5.32 Å². The van der Waals surface area contributed by atoms with E-state index < -0.39 is 0 Å². The van der Waals surface area contributed by atoms with E-state index in [-0.39, 0.29) is 0 Å². The van der Waals surface area contributed by atoms with Crippen molar-refractivity contribution >= 4 is 11.4 Å². The second-order valence-corrected chi connectivity index (χ2v) is 4.50. The number of benzene rings is 1. The van der Waals surface area contributed by atoms with E-state index in [4.69, 9.17) is 5.26 Å². The Bertz CT molecular complexity index is 626. The molecule has 3 rings (SSSR count). The molecular weight excluding hydrogens is 222 g/mol. The molecule has 1 heterocycles. The van der Waals surface area contributed by atoms with Gasteiger partial charge < -0.3 is 5.32 Å². The molecule has 0 spiro atoms. The lowest BCUT2D eigenvalue weighted by Gasteiger charge is -2.09. The molecule has 2 aromatic rings. The number of pyridine rings is 1. The van der Waals surface area contributed by atoms with Gasteiger partial charge >= 0.3 is 0 Å². The SMILES string of the molecule is N#Cc1ccncc1Nc1ccc2c(c1)CCC2. The van der Waals surface area contributed by atoms with Gasteiger partial charge in [0.05, 0.1) is 17.4 Å². The van der Waals surface area contributed by atoms with Gasteiger partial charge in [-0.3, -0.25) is 4.98 Å². The molecule has 1 aromatic heterocycles. The highest BCUT2D eigenvalue weighted by Gasteiger charge is 2.11. The molecule has 0 saturated heterocycles. The van der Waals surface area contributed by atoms with Crippen LogP contribution in [0.2, 0.25) is 0 Å². The number of hydrogen-bond donors (Lipinski definition) is 1. The summed E-state index contributed by atoms with van der Waals surface area (Å²) in [7, 11) is 0. The third-order valence-corrected chi connectivity index (χ3v) is 3.32. The van der Waals surface area contributed by atoms with Gasteiger partial charge in [0, 0.05) is 11.9 Å². The number of nitrogens with one attached hydrogen (secondary N) is 1. The minimum absolute atomic E-state index is 0.616. The van der Waals surface area contributed by atoms with E-state index in [9.17, 15) is 0 Å². The van der Waals surface area contributed by atoms with Gasteiger partial charge in [0.15, 0.2) is 0 Å². The molecule has 0 amide bonds. The molecule has 0 radical (unpaired) electrons. The van der Waals surface area contributed by atoms with Crippen molar-refractivity contribution < 1.29 is 0 Å². The highest BCUT2D eigenvalue weighted by Crippen LogP contribution is 2.27. The molecule has 3 heteroatoms. The van der Waals surface area contributed by atoms with Gasteiger partial charge in [-0.05, 0) is 48.6 Å². The van der Waals surface area contributed by atoms with E-state index in [1.165, 1.54) is 24.0 Å². The summed E-state index contributed by atoms with van der Waals surface area (Å²) in [5.41, 5.74) is 5.28. The first kappa shape index (κ1) is 10.8. The summed E-state index contributed by atoms with van der Waals surface area (Å²) in [6, 6.07) is 10.3. The first-order valence-corrected chi connectivity index (χ1v) is 6.10. The molecule has 0 aliphatic heterocycles. The zero-order chi connectivity index (χ0) is 12.4. The van der Waals surface area contributed by atoms with Gasteiger partial charge in [-0.25, -0.2) is 0 Å². The summed E-state index contributed by atoms with van der Waals surface area (Å²) in [4.78, 5) is 4.05. The van der Waals surface area contributed by atoms with Crippen LogP contribution in [0.5, 0.6) is 0 Å². The fraction of sp³-hybridized carbons (Fsp3) is 0.200. The summed E-state index contributed by atoms with van der Waals surface area (Å²) in [6.45, 7) is 0. The maximum Gasteiger partial charge on any atom is 0.101 e. The van der Waals surface area contributed by atoms with Gasteiger partial charge in [0.25, 0.3) is 0 Å². The normalized spacial score (nSPS) is 12.8. The molecule has 18 heavy (non-hydrogen) atoms. The van der Waals surface area contributed by atoms with Crippen LogP contribution in [-0.2, 0) is 12.8 Å². The lowest BCUT2D eigenvalue weighted by Crippen LogP contribution is -1.95. The van der Waals surface area contributed by atoms with Crippen molar-refractivity contribution in [2.45, 2.75) is 19.3 Å². The molecule has 0 saturated carbocycles. The lowest BCUT2D eigenvalue weighted by atomic mass is 10.1. The van der Waals surface area contributed by atoms with E-state index in [1.807, 2.05) is 0 Å². The Labute approximate surface area is 106 Å². The number of nitriles is 1. The molecule has 1 aliphatic carbocycles. The van der Waals surface area contributed by atoms with Gasteiger partial charge in [-0.1, -0.05) is 6.07 Å². The van der Waals surface area contributed by atoms with Crippen molar-refractivity contribution in [1.29, 1.82) is 5.26 Å². The second-order valence-electron chi connectivity index (χ2n) is 4.50. The van der Waals surface area contributed by atoms with Crippen LogP contribution >= 0.6 is 0 Å². The van der Waals surface area contributed by atoms with E-state index >= 15 is 0 Å². The molecule has 0 fully saturated rings. The number of nitrogens with zero attached hydrogens (tertiary/aromatic N) is 2. The van der Waals surface area contributed by atoms with Gasteiger partial charge in [0.2, 0.25) is 0 Å². The monoisotopic (exact) mass is 235 g/mol. The van der Waals surface area contributed by atoms with Crippen molar-refractivity contribution in [3.63, 3.8) is 0 Å². The van der Waals surface area contributed by atoms with Crippen LogP contribution in [0.1, 0.15) is 23.1 Å². The molecular formula is C15H13N3. The average molecular weight is 235 g/mol. The molecule has 0 bridgehead atoms. The summed E-state index contributed by atoms with van der Waals surface area (Å²) < 4.78 is 0. The summed E-state index contributed by atoms with van der Waals surface area (Å²) in [5.74, 6) is 0. The third-order valence-electron chi connectivity index (χ3n) is 3.32. The molecule has 88 valence electrons. The lowest BCUT2D eigenvalue weighted by molar-refractivity contribution is 0.912. The van der Waals surface area contributed by atoms with E-state index in [0.717, 1.165) is 17.8 Å². The quantitative estimate of drug-likeness (QED) is 0.869. The minimum Gasteiger partial charge on any atom is -0.353 e. The summed E-state index contributed by atoms with van der Waals surface area (Å²) in [5, 5.41) is 12.3. The van der Waals surface area contributed by atoms with Crippen LogP contribution in [0.3, 0.4) is 0 Å². The first-order valence-electron chi connectivity index (χ1n) is 6.10. The van der Waals surface area contributed by atoms with Crippen LogP contribution in [0, 0.1) is 11.3 Å². The van der Waals surface area contributed by atoms with Crippen LogP contribution in [0.15, 0.2) is 36.7 Å². The maximum atomic E-state index is 9.03. The van der Waals surface area contributed by atoms with E-state index in [0.29, 0.717) is 5.56 Å². The second kappa shape index (κ2) is 4.50. The number of anilines is 2. The van der Waals surface area contributed by atoms with Crippen LogP contribution in [0.4, 0.5) is 11.4 Å². The van der Waals surface area contributed by atoms with E-state index in [1.54, 1.807) is 18.5 Å². The fourth-order valence-electron chi connectivity index (χ4n) is 2.40. The number of aromatic nitrogens is 1. The van der Waals surface area contributed by atoms with Crippen LogP contribution in [-0.4, -0.2) is 4.98 Å². The molecule has 0 unspecified atom stereocenters. The van der Waals surface area contributed by atoms with Crippen molar-refractivity contribution in [2.75, 3.05) is 5.32 Å². The smallest absolute Gasteiger partial charge is 0.101 e. The summed E-state index contributed by atoms with van der Waals surface area (Å²) in [6.07, 6.45) is 6.91. The standard InChI is InChI=1S/C15H13N3/c16-9-13-6-7-17-10-15(13)18-14-5-4-11-2-1-3-12(11)8-14/h4-8,10,18H,1-3H2. The Hall–Kier alpha value is -2.34. The highest BCUT2D eigenvalue weighted by atomic mass is 14.9. The summed E-state index contributed by atoms with van der Waals surface area (Å²) >= 11 is 0. The third kappa shape index (κ3) is 1.93.